The summed E-state index contributed by atoms with van der Waals surface area (Å²) in [6.07, 6.45) is 0. The molecule has 0 amide bonds. The summed E-state index contributed by atoms with van der Waals surface area (Å²) in [6.45, 7) is 1.70. The predicted molar refractivity (Wildman–Crippen MR) is 92.8 cm³/mol. The van der Waals surface area contributed by atoms with Crippen molar-refractivity contribution in [2.45, 2.75) is 6.92 Å². The zero-order valence-corrected chi connectivity index (χ0v) is 13.0. The number of halogens is 1. The average molecular weight is 375 g/mol. The molecule has 0 rings (SSSR count). The average Bonchev–Trinajstić information content (AvgIpc) is 2.50. The summed E-state index contributed by atoms with van der Waals surface area (Å²) in [6, 6.07) is 2.39. The van der Waals surface area contributed by atoms with Gasteiger partial charge in [0, 0.05) is 53.4 Å². The number of rotatable bonds is 0. The standard InChI is InChI=1S/C19H4IN/c1-2-3-4-5-6-7-8-9-10-11-12-13-14-15-16-17-18-19-21-20/h21H,1H3/i/hT. The molecular formula is C19H4IN. The Morgan fingerprint density at radius 1 is 0.571 bits per heavy atom. The maximum absolute atomic E-state index is 6.94. The maximum Gasteiger partial charge on any atom is 0.183 e. The summed E-state index contributed by atoms with van der Waals surface area (Å²) >= 11 is 1.70. The van der Waals surface area contributed by atoms with Gasteiger partial charge in [-0.2, -0.15) is 0 Å². The van der Waals surface area contributed by atoms with Gasteiger partial charge in [-0.1, -0.05) is 5.92 Å². The van der Waals surface area contributed by atoms with E-state index in [9.17, 15) is 0 Å². The summed E-state index contributed by atoms with van der Waals surface area (Å²) in [5, 5.41) is 0. The van der Waals surface area contributed by atoms with Crippen LogP contribution in [0.4, 0.5) is 0 Å². The molecule has 21 heavy (non-hydrogen) atoms. The smallest absolute Gasteiger partial charge is 0.183 e. The largest absolute Gasteiger partial charge is 0.287 e. The van der Waals surface area contributed by atoms with Crippen molar-refractivity contribution >= 4 is 22.9 Å². The Balaban J connectivity index is 4.35. The van der Waals surface area contributed by atoms with E-state index in [0.717, 1.165) is 3.52 Å². The highest BCUT2D eigenvalue weighted by Crippen LogP contribution is 1.61. The third kappa shape index (κ3) is 16.6. The normalized spacial score (nSPS) is 4.76. The van der Waals surface area contributed by atoms with Gasteiger partial charge >= 0.3 is 0 Å². The minimum atomic E-state index is 0.923. The molecule has 0 bridgehead atoms. The van der Waals surface area contributed by atoms with Crippen LogP contribution in [0.3, 0.4) is 0 Å². The van der Waals surface area contributed by atoms with Gasteiger partial charge in [-0.25, -0.2) is 0 Å². The van der Waals surface area contributed by atoms with E-state index < -0.39 is 0 Å². The minimum Gasteiger partial charge on any atom is -0.287 e. The van der Waals surface area contributed by atoms with Crippen molar-refractivity contribution in [3.63, 3.8) is 0 Å². The third-order valence-electron chi connectivity index (χ3n) is 1.16. The monoisotopic (exact) mass is 375 g/mol. The van der Waals surface area contributed by atoms with Crippen molar-refractivity contribution in [2.24, 2.45) is 0 Å². The van der Waals surface area contributed by atoms with E-state index in [0.29, 0.717) is 0 Å². The van der Waals surface area contributed by atoms with Crippen LogP contribution in [0, 0.1) is 107 Å². The number of hydrogen-bond acceptors (Lipinski definition) is 1. The van der Waals surface area contributed by atoms with E-state index in [1.165, 1.54) is 0 Å². The lowest BCUT2D eigenvalue weighted by atomic mass is 10.5. The maximum atomic E-state index is 6.94. The van der Waals surface area contributed by atoms with Gasteiger partial charge in [0.15, 0.2) is 1.41 Å². The van der Waals surface area contributed by atoms with Crippen LogP contribution < -0.4 is 3.52 Å². The molecule has 0 aliphatic heterocycles. The van der Waals surface area contributed by atoms with Crippen molar-refractivity contribution in [3.8, 4) is 107 Å². The molecule has 0 heterocycles. The van der Waals surface area contributed by atoms with Crippen LogP contribution >= 0.6 is 22.9 Å². The molecule has 0 aromatic carbocycles. The second-order valence-corrected chi connectivity index (χ2v) is 2.93. The Bertz CT molecular complexity index is 961. The molecule has 0 aromatic heterocycles. The van der Waals surface area contributed by atoms with Crippen LogP contribution in [0.1, 0.15) is 6.92 Å². The molecule has 0 radical (unpaired) electrons. The highest BCUT2D eigenvalue weighted by molar-refractivity contribution is 14.1. The van der Waals surface area contributed by atoms with E-state index in [4.69, 9.17) is 1.41 Å². The van der Waals surface area contributed by atoms with Crippen molar-refractivity contribution in [1.29, 1.82) is 0 Å². The molecule has 1 nitrogen and oxygen atoms in total. The predicted octanol–water partition coefficient (Wildman–Crippen LogP) is 0.934. The first kappa shape index (κ1) is 15.6. The van der Waals surface area contributed by atoms with E-state index in [2.05, 4.69) is 107 Å². The molecule has 0 fully saturated rings. The Kier molecular flexibility index (Phi) is 12.3. The minimum absolute atomic E-state index is 0.923. The molecule has 0 atom stereocenters. The zero-order chi connectivity index (χ0) is 16.3. The van der Waals surface area contributed by atoms with Gasteiger partial charge in [0.2, 0.25) is 0 Å². The molecular weight excluding hydrogens is 369 g/mol. The molecule has 92 valence electrons. The number of nitrogens with one attached hydrogen (secondary N) is 1. The van der Waals surface area contributed by atoms with Crippen molar-refractivity contribution < 1.29 is 1.41 Å². The lowest BCUT2D eigenvalue weighted by Crippen LogP contribution is -1.77. The molecule has 0 saturated heterocycles. The summed E-state index contributed by atoms with van der Waals surface area (Å²) in [4.78, 5) is 0. The molecule has 0 aliphatic carbocycles. The second kappa shape index (κ2) is 16.6. The van der Waals surface area contributed by atoms with E-state index in [1.807, 2.05) is 0 Å². The lowest BCUT2D eigenvalue weighted by molar-refractivity contribution is 1.61. The summed E-state index contributed by atoms with van der Waals surface area (Å²) < 4.78 is 7.87. The van der Waals surface area contributed by atoms with Crippen LogP contribution in [0.15, 0.2) is 0 Å². The second-order valence-electron chi connectivity index (χ2n) is 2.45. The van der Waals surface area contributed by atoms with E-state index in [-0.39, 0.29) is 0 Å². The first-order valence-electron chi connectivity index (χ1n) is 5.59. The van der Waals surface area contributed by atoms with E-state index in [1.54, 1.807) is 29.8 Å². The van der Waals surface area contributed by atoms with Gasteiger partial charge < -0.3 is 0 Å². The van der Waals surface area contributed by atoms with Crippen LogP contribution in [0.5, 0.6) is 0 Å². The molecule has 0 aliphatic rings. The fourth-order valence-electron chi connectivity index (χ4n) is 0.549. The molecule has 0 saturated carbocycles. The summed E-state index contributed by atoms with van der Waals surface area (Å²) in [5.74, 6) is 42.5. The quantitative estimate of drug-likeness (QED) is 0.288. The highest BCUT2D eigenvalue weighted by Gasteiger charge is 1.58. The first-order chi connectivity index (χ1) is 10.8. The van der Waals surface area contributed by atoms with Crippen LogP contribution in [0.2, 0.25) is 1.41 Å². The fraction of sp³-hybridized carbons (Fsp3) is 0.0526. The van der Waals surface area contributed by atoms with Gasteiger partial charge in [0.1, 0.15) is 0 Å². The summed E-state index contributed by atoms with van der Waals surface area (Å²) in [7, 11) is 0. The van der Waals surface area contributed by atoms with Gasteiger partial charge in [0.25, 0.3) is 0 Å². The van der Waals surface area contributed by atoms with Crippen molar-refractivity contribution in [2.75, 3.05) is 0 Å². The highest BCUT2D eigenvalue weighted by atomic mass is 127. The fourth-order valence-corrected chi connectivity index (χ4v) is 0.670. The first-order valence-corrected chi connectivity index (χ1v) is 6.11. The SMILES string of the molecule is [3H]N(I)C#CC#CC#CC#CC#CC#CC#CC#CC#CC. The summed E-state index contributed by atoms with van der Waals surface area (Å²) in [5.41, 5.74) is 0. The molecule has 0 aromatic rings. The van der Waals surface area contributed by atoms with Gasteiger partial charge in [-0.05, 0) is 54.3 Å². The molecule has 0 spiro atoms. The van der Waals surface area contributed by atoms with Crippen molar-refractivity contribution in [1.82, 2.24) is 3.52 Å². The Morgan fingerprint density at radius 2 is 0.857 bits per heavy atom. The van der Waals surface area contributed by atoms with Crippen LogP contribution in [-0.2, 0) is 0 Å². The van der Waals surface area contributed by atoms with Crippen LogP contribution in [-0.4, -0.2) is 0 Å². The van der Waals surface area contributed by atoms with Crippen LogP contribution in [0.25, 0.3) is 0 Å². The van der Waals surface area contributed by atoms with Gasteiger partial charge in [-0.3, -0.25) is 3.52 Å². The Morgan fingerprint density at radius 3 is 1.14 bits per heavy atom. The van der Waals surface area contributed by atoms with Gasteiger partial charge in [-0.15, -0.1) is 0 Å². The molecule has 0 unspecified atom stereocenters. The topological polar surface area (TPSA) is 12.0 Å². The van der Waals surface area contributed by atoms with Gasteiger partial charge in [0.05, 0.1) is 22.9 Å². The zero-order valence-electron chi connectivity index (χ0n) is 11.8. The van der Waals surface area contributed by atoms with E-state index >= 15 is 0 Å². The Hall–Kier alpha value is -3.43. The lowest BCUT2D eigenvalue weighted by Gasteiger charge is -1.65. The molecule has 2 heteroatoms. The molecule has 1 N–H and O–H groups in total. The number of hydrogen-bond donors (Lipinski definition) is 1. The third-order valence-corrected chi connectivity index (χ3v) is 1.40. The van der Waals surface area contributed by atoms with Crippen molar-refractivity contribution in [3.05, 3.63) is 0 Å². The Labute approximate surface area is 141 Å².